The second kappa shape index (κ2) is 8.33. The molecular weight excluding hydrogens is 369 g/mol. The van der Waals surface area contributed by atoms with Gasteiger partial charge in [0.1, 0.15) is 23.1 Å². The van der Waals surface area contributed by atoms with E-state index >= 15 is 0 Å². The van der Waals surface area contributed by atoms with E-state index in [0.717, 1.165) is 28.8 Å². The highest BCUT2D eigenvalue weighted by molar-refractivity contribution is 7.88. The van der Waals surface area contributed by atoms with Crippen LogP contribution < -0.4 is 5.32 Å². The number of carbonyl (C=O) groups is 1. The molecule has 140 valence electrons. The summed E-state index contributed by atoms with van der Waals surface area (Å²) in [6, 6.07) is 8.79. The van der Waals surface area contributed by atoms with Crippen molar-refractivity contribution in [2.75, 3.05) is 18.1 Å². The minimum Gasteiger partial charge on any atom is -0.321 e. The number of sulfonamides is 1. The minimum absolute atomic E-state index is 0.151. The van der Waals surface area contributed by atoms with Gasteiger partial charge in [-0.2, -0.15) is 4.31 Å². The highest BCUT2D eigenvalue weighted by Gasteiger charge is 2.20. The lowest BCUT2D eigenvalue weighted by atomic mass is 10.2. The minimum atomic E-state index is -3.73. The molecule has 0 atom stereocenters. The molecule has 1 amide bonds. The SMILES string of the molecule is CS(=O)(=O)N(CCC(=O)Nc1c(F)cccc1F)Cc1ccccc1F. The van der Waals surface area contributed by atoms with E-state index in [4.69, 9.17) is 0 Å². The van der Waals surface area contributed by atoms with Crippen LogP contribution in [0.25, 0.3) is 0 Å². The fourth-order valence-electron chi connectivity index (χ4n) is 2.22. The number of rotatable bonds is 7. The number of anilines is 1. The van der Waals surface area contributed by atoms with Crippen molar-refractivity contribution in [1.82, 2.24) is 4.31 Å². The maximum atomic E-state index is 13.7. The van der Waals surface area contributed by atoms with Crippen LogP contribution >= 0.6 is 0 Å². The topological polar surface area (TPSA) is 66.5 Å². The van der Waals surface area contributed by atoms with Crippen molar-refractivity contribution in [2.24, 2.45) is 0 Å². The molecule has 1 N–H and O–H groups in total. The van der Waals surface area contributed by atoms with Crippen LogP contribution in [0.5, 0.6) is 0 Å². The fourth-order valence-corrected chi connectivity index (χ4v) is 3.02. The maximum Gasteiger partial charge on any atom is 0.225 e. The van der Waals surface area contributed by atoms with Crippen molar-refractivity contribution in [3.8, 4) is 0 Å². The van der Waals surface area contributed by atoms with Crippen LogP contribution in [0.4, 0.5) is 18.9 Å². The van der Waals surface area contributed by atoms with Gasteiger partial charge in [-0.3, -0.25) is 4.79 Å². The lowest BCUT2D eigenvalue weighted by Gasteiger charge is -2.20. The lowest BCUT2D eigenvalue weighted by molar-refractivity contribution is -0.116. The van der Waals surface area contributed by atoms with Crippen LogP contribution in [0.2, 0.25) is 0 Å². The second-order valence-electron chi connectivity index (χ2n) is 5.58. The molecule has 0 aliphatic rings. The molecule has 2 rings (SSSR count). The molecule has 0 fully saturated rings. The number of para-hydroxylation sites is 1. The van der Waals surface area contributed by atoms with E-state index in [1.807, 2.05) is 0 Å². The number of hydrogen-bond acceptors (Lipinski definition) is 3. The van der Waals surface area contributed by atoms with Crippen LogP contribution in [-0.4, -0.2) is 31.4 Å². The van der Waals surface area contributed by atoms with Crippen LogP contribution in [0.15, 0.2) is 42.5 Å². The first-order valence-electron chi connectivity index (χ1n) is 7.61. The lowest BCUT2D eigenvalue weighted by Crippen LogP contribution is -2.33. The molecular formula is C17H17F3N2O3S. The third-order valence-corrected chi connectivity index (χ3v) is 4.84. The molecule has 0 aromatic heterocycles. The summed E-state index contributed by atoms with van der Waals surface area (Å²) in [5.74, 6) is -3.22. The van der Waals surface area contributed by atoms with Gasteiger partial charge in [-0.05, 0) is 18.2 Å². The number of amides is 1. The third-order valence-electron chi connectivity index (χ3n) is 3.59. The van der Waals surface area contributed by atoms with E-state index in [9.17, 15) is 26.4 Å². The molecule has 0 spiro atoms. The smallest absolute Gasteiger partial charge is 0.225 e. The van der Waals surface area contributed by atoms with Gasteiger partial charge in [0.05, 0.1) is 6.26 Å². The predicted molar refractivity (Wildman–Crippen MR) is 91.3 cm³/mol. The number of carbonyl (C=O) groups excluding carboxylic acids is 1. The molecule has 0 saturated carbocycles. The third kappa shape index (κ3) is 5.30. The first kappa shape index (κ1) is 19.9. The number of nitrogens with one attached hydrogen (secondary N) is 1. The van der Waals surface area contributed by atoms with Gasteiger partial charge >= 0.3 is 0 Å². The normalized spacial score (nSPS) is 11.6. The molecule has 0 saturated heterocycles. The van der Waals surface area contributed by atoms with Crippen molar-refractivity contribution in [3.05, 3.63) is 65.5 Å². The van der Waals surface area contributed by atoms with Crippen LogP contribution in [-0.2, 0) is 21.4 Å². The van der Waals surface area contributed by atoms with Crippen molar-refractivity contribution in [1.29, 1.82) is 0 Å². The molecule has 0 unspecified atom stereocenters. The van der Waals surface area contributed by atoms with Crippen molar-refractivity contribution < 1.29 is 26.4 Å². The van der Waals surface area contributed by atoms with E-state index < -0.39 is 39.1 Å². The van der Waals surface area contributed by atoms with Gasteiger partial charge in [0.25, 0.3) is 0 Å². The Morgan fingerprint density at radius 1 is 1.00 bits per heavy atom. The summed E-state index contributed by atoms with van der Waals surface area (Å²) in [4.78, 5) is 11.9. The highest BCUT2D eigenvalue weighted by atomic mass is 32.2. The van der Waals surface area contributed by atoms with Gasteiger partial charge in [-0.1, -0.05) is 24.3 Å². The Kier molecular flexibility index (Phi) is 6.38. The molecule has 5 nitrogen and oxygen atoms in total. The quantitative estimate of drug-likeness (QED) is 0.796. The Morgan fingerprint density at radius 3 is 2.15 bits per heavy atom. The summed E-state index contributed by atoms with van der Waals surface area (Å²) in [7, 11) is -3.73. The van der Waals surface area contributed by atoms with E-state index in [1.54, 1.807) is 6.07 Å². The van der Waals surface area contributed by atoms with E-state index in [0.29, 0.717) is 0 Å². The summed E-state index contributed by atoms with van der Waals surface area (Å²) in [5.41, 5.74) is -0.448. The number of hydrogen-bond donors (Lipinski definition) is 1. The van der Waals surface area contributed by atoms with Crippen molar-refractivity contribution in [3.63, 3.8) is 0 Å². The van der Waals surface area contributed by atoms with Crippen LogP contribution in [0.3, 0.4) is 0 Å². The monoisotopic (exact) mass is 386 g/mol. The molecule has 0 aliphatic carbocycles. The Balaban J connectivity index is 2.06. The van der Waals surface area contributed by atoms with Gasteiger partial charge in [-0.15, -0.1) is 0 Å². The Labute approximate surface area is 149 Å². The second-order valence-corrected chi connectivity index (χ2v) is 7.57. The van der Waals surface area contributed by atoms with Gasteiger partial charge in [0, 0.05) is 25.1 Å². The summed E-state index contributed by atoms with van der Waals surface area (Å²) < 4.78 is 65.5. The first-order chi connectivity index (χ1) is 12.2. The van der Waals surface area contributed by atoms with Crippen molar-refractivity contribution >= 4 is 21.6 Å². The zero-order chi connectivity index (χ0) is 19.3. The average Bonchev–Trinajstić information content (AvgIpc) is 2.55. The molecule has 26 heavy (non-hydrogen) atoms. The molecule has 0 aliphatic heterocycles. The predicted octanol–water partition coefficient (Wildman–Crippen LogP) is 2.89. The summed E-state index contributed by atoms with van der Waals surface area (Å²) in [5, 5.41) is 2.08. The molecule has 0 bridgehead atoms. The van der Waals surface area contributed by atoms with Gasteiger partial charge in [0.2, 0.25) is 15.9 Å². The molecule has 2 aromatic rings. The largest absolute Gasteiger partial charge is 0.321 e. The van der Waals surface area contributed by atoms with Gasteiger partial charge < -0.3 is 5.32 Å². The van der Waals surface area contributed by atoms with Crippen LogP contribution in [0, 0.1) is 17.5 Å². The summed E-state index contributed by atoms with van der Waals surface area (Å²) in [6.45, 7) is -0.526. The van der Waals surface area contributed by atoms with Gasteiger partial charge in [0.15, 0.2) is 0 Å². The average molecular weight is 386 g/mol. The van der Waals surface area contributed by atoms with E-state index in [-0.39, 0.29) is 25.1 Å². The fraction of sp³-hybridized carbons (Fsp3) is 0.235. The number of halogens is 3. The van der Waals surface area contributed by atoms with Crippen LogP contribution in [0.1, 0.15) is 12.0 Å². The van der Waals surface area contributed by atoms with Gasteiger partial charge in [-0.25, -0.2) is 21.6 Å². The molecule has 2 aromatic carbocycles. The first-order valence-corrected chi connectivity index (χ1v) is 9.45. The number of benzene rings is 2. The Bertz CT molecular complexity index is 884. The summed E-state index contributed by atoms with van der Waals surface area (Å²) >= 11 is 0. The van der Waals surface area contributed by atoms with E-state index in [1.165, 1.54) is 18.2 Å². The Morgan fingerprint density at radius 2 is 1.58 bits per heavy atom. The number of nitrogens with zero attached hydrogens (tertiary/aromatic N) is 1. The molecule has 0 heterocycles. The summed E-state index contributed by atoms with van der Waals surface area (Å²) in [6.07, 6.45) is 0.581. The zero-order valence-corrected chi connectivity index (χ0v) is 14.7. The molecule has 0 radical (unpaired) electrons. The van der Waals surface area contributed by atoms with E-state index in [2.05, 4.69) is 5.32 Å². The highest BCUT2D eigenvalue weighted by Crippen LogP contribution is 2.18. The van der Waals surface area contributed by atoms with Crippen molar-refractivity contribution in [2.45, 2.75) is 13.0 Å². The Hall–Kier alpha value is -2.39. The maximum absolute atomic E-state index is 13.7. The zero-order valence-electron chi connectivity index (χ0n) is 13.9. The standard InChI is InChI=1S/C17H17F3N2O3S/c1-26(24,25)22(11-12-5-2-3-6-13(12)18)10-9-16(23)21-17-14(19)7-4-8-15(17)20/h2-8H,9-11H2,1H3,(H,21,23). The molecule has 9 heteroatoms.